The third-order valence-electron chi connectivity index (χ3n) is 4.60. The molecule has 2 aromatic carbocycles. The monoisotopic (exact) mass is 318 g/mol. The number of hydrogen-bond donors (Lipinski definition) is 1. The molecule has 0 unspecified atom stereocenters. The number of carbonyl (C=O) groups is 1. The number of rotatable bonds is 3. The van der Waals surface area contributed by atoms with Crippen molar-refractivity contribution in [3.05, 3.63) is 70.9 Å². The third kappa shape index (κ3) is 2.50. The number of aryl methyl sites for hydroxylation is 3. The van der Waals surface area contributed by atoms with E-state index in [9.17, 15) is 9.90 Å². The highest BCUT2D eigenvalue weighted by atomic mass is 16.4. The minimum atomic E-state index is -1.01. The summed E-state index contributed by atoms with van der Waals surface area (Å²) in [5.41, 5.74) is 6.67. The van der Waals surface area contributed by atoms with Gasteiger partial charge in [-0.25, -0.2) is 9.48 Å². The van der Waals surface area contributed by atoms with E-state index in [1.165, 1.54) is 17.5 Å². The van der Waals surface area contributed by atoms with E-state index in [4.69, 9.17) is 0 Å². The van der Waals surface area contributed by atoms with Crippen LogP contribution in [0.5, 0.6) is 0 Å². The minimum absolute atomic E-state index is 0.0612. The smallest absolute Gasteiger partial charge is 0.356 e. The summed E-state index contributed by atoms with van der Waals surface area (Å²) in [7, 11) is 0. The summed E-state index contributed by atoms with van der Waals surface area (Å²) in [5, 5.41) is 13.6. The molecular weight excluding hydrogens is 300 g/mol. The lowest BCUT2D eigenvalue weighted by atomic mass is 10.0. The summed E-state index contributed by atoms with van der Waals surface area (Å²) in [5.74, 6) is -1.01. The van der Waals surface area contributed by atoms with E-state index >= 15 is 0 Å². The molecule has 0 aliphatic heterocycles. The molecule has 120 valence electrons. The molecule has 1 aliphatic rings. The van der Waals surface area contributed by atoms with Crippen LogP contribution < -0.4 is 0 Å². The molecule has 0 amide bonds. The molecule has 0 atom stereocenters. The second-order valence-corrected chi connectivity index (χ2v) is 6.30. The fourth-order valence-electron chi connectivity index (χ4n) is 3.31. The predicted octanol–water partition coefficient (Wildman–Crippen LogP) is 4.03. The van der Waals surface area contributed by atoms with Crippen molar-refractivity contribution in [2.24, 2.45) is 0 Å². The van der Waals surface area contributed by atoms with Gasteiger partial charge in [-0.1, -0.05) is 29.8 Å². The standard InChI is InChI=1S/C20H18N2O2/c1-13-5-9-17(10-6-13)22-19(12-18(21-22)20(23)24)16-8-7-14-3-2-4-15(14)11-16/h5-12H,2-4H2,1H3,(H,23,24). The summed E-state index contributed by atoms with van der Waals surface area (Å²) in [6, 6.07) is 16.0. The molecule has 1 aromatic heterocycles. The second kappa shape index (κ2) is 5.64. The van der Waals surface area contributed by atoms with Gasteiger partial charge >= 0.3 is 5.97 Å². The van der Waals surface area contributed by atoms with Crippen LogP contribution in [0.4, 0.5) is 0 Å². The van der Waals surface area contributed by atoms with E-state index < -0.39 is 5.97 Å². The average Bonchev–Trinajstić information content (AvgIpc) is 3.21. The van der Waals surface area contributed by atoms with Crippen molar-refractivity contribution in [1.29, 1.82) is 0 Å². The molecule has 0 radical (unpaired) electrons. The Hall–Kier alpha value is -2.88. The summed E-state index contributed by atoms with van der Waals surface area (Å²) in [4.78, 5) is 11.4. The Morgan fingerprint density at radius 3 is 2.54 bits per heavy atom. The van der Waals surface area contributed by atoms with E-state index in [2.05, 4.69) is 23.3 Å². The van der Waals surface area contributed by atoms with E-state index in [0.717, 1.165) is 35.3 Å². The summed E-state index contributed by atoms with van der Waals surface area (Å²) < 4.78 is 1.72. The Morgan fingerprint density at radius 2 is 1.79 bits per heavy atom. The first kappa shape index (κ1) is 14.7. The van der Waals surface area contributed by atoms with Crippen molar-refractivity contribution in [3.8, 4) is 16.9 Å². The molecule has 0 spiro atoms. The van der Waals surface area contributed by atoms with Gasteiger partial charge in [-0.05, 0) is 61.6 Å². The first-order valence-electron chi connectivity index (χ1n) is 8.14. The molecule has 1 heterocycles. The number of carboxylic acids is 1. The summed E-state index contributed by atoms with van der Waals surface area (Å²) >= 11 is 0. The van der Waals surface area contributed by atoms with Gasteiger partial charge in [-0.15, -0.1) is 0 Å². The fraction of sp³-hybridized carbons (Fsp3) is 0.200. The lowest BCUT2D eigenvalue weighted by molar-refractivity contribution is 0.0690. The number of nitrogens with zero attached hydrogens (tertiary/aromatic N) is 2. The van der Waals surface area contributed by atoms with Crippen molar-refractivity contribution in [3.63, 3.8) is 0 Å². The molecule has 24 heavy (non-hydrogen) atoms. The van der Waals surface area contributed by atoms with Gasteiger partial charge in [-0.2, -0.15) is 5.10 Å². The average molecular weight is 318 g/mol. The second-order valence-electron chi connectivity index (χ2n) is 6.30. The Balaban J connectivity index is 1.87. The van der Waals surface area contributed by atoms with Crippen LogP contribution in [0.1, 0.15) is 33.6 Å². The zero-order valence-electron chi connectivity index (χ0n) is 13.5. The summed E-state index contributed by atoms with van der Waals surface area (Å²) in [6.45, 7) is 2.02. The molecule has 3 aromatic rings. The van der Waals surface area contributed by atoms with Gasteiger partial charge in [0.05, 0.1) is 11.4 Å². The van der Waals surface area contributed by atoms with Gasteiger partial charge < -0.3 is 5.11 Å². The van der Waals surface area contributed by atoms with Gasteiger partial charge in [0.2, 0.25) is 0 Å². The third-order valence-corrected chi connectivity index (χ3v) is 4.60. The van der Waals surface area contributed by atoms with Crippen LogP contribution in [0.15, 0.2) is 48.5 Å². The quantitative estimate of drug-likeness (QED) is 0.793. The predicted molar refractivity (Wildman–Crippen MR) is 92.7 cm³/mol. The normalized spacial score (nSPS) is 13.0. The number of aromatic carboxylic acids is 1. The number of aromatic nitrogens is 2. The van der Waals surface area contributed by atoms with Gasteiger partial charge in [-0.3, -0.25) is 0 Å². The first-order valence-corrected chi connectivity index (χ1v) is 8.14. The molecule has 4 nitrogen and oxygen atoms in total. The minimum Gasteiger partial charge on any atom is -0.476 e. The maximum absolute atomic E-state index is 11.4. The Kier molecular flexibility index (Phi) is 3.45. The lowest BCUT2D eigenvalue weighted by Gasteiger charge is -2.09. The SMILES string of the molecule is Cc1ccc(-n2nc(C(=O)O)cc2-c2ccc3c(c2)CCC3)cc1. The first-order chi connectivity index (χ1) is 11.6. The van der Waals surface area contributed by atoms with E-state index in [-0.39, 0.29) is 5.69 Å². The van der Waals surface area contributed by atoms with Crippen molar-refractivity contribution in [2.45, 2.75) is 26.2 Å². The van der Waals surface area contributed by atoms with Crippen LogP contribution in [0.3, 0.4) is 0 Å². The summed E-state index contributed by atoms with van der Waals surface area (Å²) in [6.07, 6.45) is 3.41. The Morgan fingerprint density at radius 1 is 1.04 bits per heavy atom. The molecule has 4 heteroatoms. The van der Waals surface area contributed by atoms with Crippen LogP contribution in [-0.4, -0.2) is 20.9 Å². The number of fused-ring (bicyclic) bond motifs is 1. The van der Waals surface area contributed by atoms with Crippen LogP contribution >= 0.6 is 0 Å². The highest BCUT2D eigenvalue weighted by Crippen LogP contribution is 2.30. The van der Waals surface area contributed by atoms with E-state index in [1.807, 2.05) is 31.2 Å². The lowest BCUT2D eigenvalue weighted by Crippen LogP contribution is -2.02. The van der Waals surface area contributed by atoms with Crippen LogP contribution in [-0.2, 0) is 12.8 Å². The molecular formula is C20H18N2O2. The van der Waals surface area contributed by atoms with Gasteiger partial charge in [0.15, 0.2) is 5.69 Å². The number of benzene rings is 2. The molecule has 0 saturated heterocycles. The van der Waals surface area contributed by atoms with Crippen molar-refractivity contribution >= 4 is 5.97 Å². The van der Waals surface area contributed by atoms with E-state index in [0.29, 0.717) is 0 Å². The molecule has 1 N–H and O–H groups in total. The van der Waals surface area contributed by atoms with Crippen molar-refractivity contribution in [1.82, 2.24) is 9.78 Å². The highest BCUT2D eigenvalue weighted by Gasteiger charge is 2.18. The van der Waals surface area contributed by atoms with Crippen molar-refractivity contribution in [2.75, 3.05) is 0 Å². The molecule has 0 fully saturated rings. The van der Waals surface area contributed by atoms with Crippen LogP contribution in [0.25, 0.3) is 16.9 Å². The number of hydrogen-bond acceptors (Lipinski definition) is 2. The Labute approximate surface area is 140 Å². The van der Waals surface area contributed by atoms with Crippen LogP contribution in [0.2, 0.25) is 0 Å². The van der Waals surface area contributed by atoms with Crippen LogP contribution in [0, 0.1) is 6.92 Å². The van der Waals surface area contributed by atoms with Gasteiger partial charge in [0, 0.05) is 5.56 Å². The maximum atomic E-state index is 11.4. The topological polar surface area (TPSA) is 55.1 Å². The van der Waals surface area contributed by atoms with Crippen molar-refractivity contribution < 1.29 is 9.90 Å². The maximum Gasteiger partial charge on any atom is 0.356 e. The fourth-order valence-corrected chi connectivity index (χ4v) is 3.31. The zero-order chi connectivity index (χ0) is 16.7. The molecule has 0 saturated carbocycles. The largest absolute Gasteiger partial charge is 0.476 e. The van der Waals surface area contributed by atoms with Gasteiger partial charge in [0.25, 0.3) is 0 Å². The molecule has 0 bridgehead atoms. The molecule has 1 aliphatic carbocycles. The van der Waals surface area contributed by atoms with Gasteiger partial charge in [0.1, 0.15) is 0 Å². The zero-order valence-corrected chi connectivity index (χ0v) is 13.5. The number of carboxylic acid groups (broad SMARTS) is 1. The van der Waals surface area contributed by atoms with E-state index in [1.54, 1.807) is 10.7 Å². The highest BCUT2D eigenvalue weighted by molar-refractivity contribution is 5.87. The molecule has 4 rings (SSSR count). The Bertz CT molecular complexity index is 923.